The van der Waals surface area contributed by atoms with E-state index in [9.17, 15) is 29.4 Å². The molecule has 0 spiro atoms. The lowest BCUT2D eigenvalue weighted by atomic mass is 9.75. The highest BCUT2D eigenvalue weighted by molar-refractivity contribution is 5.97. The van der Waals surface area contributed by atoms with Gasteiger partial charge in [-0.2, -0.15) is 0 Å². The zero-order valence-electron chi connectivity index (χ0n) is 31.0. The second kappa shape index (κ2) is 16.8. The standard InChI is InChI=1S/C35H58N2O12/c1-12-27-35(9,43)31(41)21(5)29(36-22(6)38)18(2)15-34(8)28(14-26(20(4)32(42)48-27)44-16-24(40)17-45-34)49-33-30(47-23(7)39)25(37(10)11)13-19(3)46-33/h18-21,25-28,30-31,33,41,43H,12-17H2,1-11H3/t18-,19-,20-,21+,25+,26-,27-,28-,30-,31+,33?,34+,35-/m1/s1. The summed E-state index contributed by atoms with van der Waals surface area (Å²) in [6, 6.07) is -0.254. The predicted octanol–water partition coefficient (Wildman–Crippen LogP) is 2.23. The van der Waals surface area contributed by atoms with E-state index in [2.05, 4.69) is 4.99 Å². The quantitative estimate of drug-likeness (QED) is 0.400. The third-order valence-corrected chi connectivity index (χ3v) is 10.3. The van der Waals surface area contributed by atoms with Crippen molar-refractivity contribution >= 4 is 29.3 Å². The minimum absolute atomic E-state index is 0.0327. The number of hydrogen-bond donors (Lipinski definition) is 2. The van der Waals surface area contributed by atoms with Crippen LogP contribution in [0.25, 0.3) is 0 Å². The van der Waals surface area contributed by atoms with Crippen molar-refractivity contribution in [2.45, 2.75) is 148 Å². The summed E-state index contributed by atoms with van der Waals surface area (Å²) in [5.41, 5.74) is -2.92. The number of hydrogen-bond acceptors (Lipinski definition) is 13. The van der Waals surface area contributed by atoms with Crippen molar-refractivity contribution < 1.29 is 57.8 Å². The van der Waals surface area contributed by atoms with Crippen molar-refractivity contribution in [3.63, 3.8) is 0 Å². The SMILES string of the molecule is CC[C@H]1OC(=O)[C@H](C)[C@H]2C[C@@H](OC3O[C@H](C)C[C@H](N(C)C)[C@H]3OC(C)=O)[C@](C)(C[C@@H](C)C(=NC(C)=O)[C@H](C)[C@H](O)[C@]1(C)O)OCC(=O)CO2. The highest BCUT2D eigenvalue weighted by Crippen LogP contribution is 2.39. The summed E-state index contributed by atoms with van der Waals surface area (Å²) >= 11 is 0. The van der Waals surface area contributed by atoms with Gasteiger partial charge in [0.2, 0.25) is 5.91 Å². The van der Waals surface area contributed by atoms with Crippen LogP contribution in [0.2, 0.25) is 0 Å². The Bertz CT molecular complexity index is 1220. The van der Waals surface area contributed by atoms with Gasteiger partial charge >= 0.3 is 11.9 Å². The number of aliphatic imine (C=N–C) groups is 1. The summed E-state index contributed by atoms with van der Waals surface area (Å²) in [6.07, 6.45) is -5.72. The van der Waals surface area contributed by atoms with Crippen LogP contribution in [0.3, 0.4) is 0 Å². The maximum absolute atomic E-state index is 13.7. The summed E-state index contributed by atoms with van der Waals surface area (Å²) in [5, 5.41) is 23.2. The van der Waals surface area contributed by atoms with E-state index in [1.165, 1.54) is 20.8 Å². The van der Waals surface area contributed by atoms with Gasteiger partial charge in [-0.15, -0.1) is 0 Å². The predicted molar refractivity (Wildman–Crippen MR) is 178 cm³/mol. The van der Waals surface area contributed by atoms with Crippen LogP contribution < -0.4 is 0 Å². The van der Waals surface area contributed by atoms with E-state index in [1.807, 2.05) is 32.8 Å². The number of carbonyl (C=O) groups is 4. The first-order chi connectivity index (χ1) is 22.7. The van der Waals surface area contributed by atoms with Gasteiger partial charge in [0.05, 0.1) is 42.0 Å². The van der Waals surface area contributed by atoms with E-state index in [-0.39, 0.29) is 50.4 Å². The molecule has 1 amide bonds. The maximum Gasteiger partial charge on any atom is 0.311 e. The summed E-state index contributed by atoms with van der Waals surface area (Å²) < 4.78 is 37.2. The molecule has 0 aliphatic carbocycles. The Morgan fingerprint density at radius 3 is 2.27 bits per heavy atom. The molecule has 14 nitrogen and oxygen atoms in total. The molecule has 2 bridgehead atoms. The molecule has 3 aliphatic rings. The molecule has 3 rings (SSSR count). The molecule has 0 radical (unpaired) electrons. The second-order valence-electron chi connectivity index (χ2n) is 14.7. The first-order valence-corrected chi connectivity index (χ1v) is 17.3. The third kappa shape index (κ3) is 9.93. The number of cyclic esters (lactones) is 1. The average Bonchev–Trinajstić information content (AvgIpc) is 3.06. The molecule has 0 aromatic carbocycles. The summed E-state index contributed by atoms with van der Waals surface area (Å²) in [6.45, 7) is 13.8. The number of carbonyl (C=O) groups excluding carboxylic acids is 4. The Labute approximate surface area is 290 Å². The molecule has 2 N–H and O–H groups in total. The maximum atomic E-state index is 13.7. The fourth-order valence-electron chi connectivity index (χ4n) is 7.39. The number of nitrogens with zero attached hydrogens (tertiary/aromatic N) is 2. The zero-order valence-corrected chi connectivity index (χ0v) is 31.0. The van der Waals surface area contributed by atoms with Gasteiger partial charge in [-0.25, -0.2) is 4.99 Å². The number of aliphatic hydroxyl groups is 2. The van der Waals surface area contributed by atoms with E-state index in [0.717, 1.165) is 0 Å². The number of ether oxygens (including phenoxy) is 6. The molecule has 1 unspecified atom stereocenters. The normalized spacial score (nSPS) is 42.5. The molecule has 0 aromatic heterocycles. The number of likely N-dealkylation sites (N-methyl/N-ethyl adjacent to an activating group) is 1. The number of Topliss-reactive ketones (excluding diaryl/α,β-unsaturated/α-hetero) is 1. The van der Waals surface area contributed by atoms with Crippen LogP contribution in [0.15, 0.2) is 4.99 Å². The molecule has 3 saturated heterocycles. The van der Waals surface area contributed by atoms with Gasteiger partial charge in [-0.05, 0) is 67.0 Å². The van der Waals surface area contributed by atoms with Crippen LogP contribution in [0, 0.1) is 17.8 Å². The minimum Gasteiger partial charge on any atom is -0.459 e. The highest BCUT2D eigenvalue weighted by Gasteiger charge is 2.51. The minimum atomic E-state index is -1.92. The van der Waals surface area contributed by atoms with Crippen molar-refractivity contribution in [3.8, 4) is 0 Å². The lowest BCUT2D eigenvalue weighted by Crippen LogP contribution is -2.59. The van der Waals surface area contributed by atoms with Gasteiger partial charge in [0, 0.05) is 31.9 Å². The first-order valence-electron chi connectivity index (χ1n) is 17.3. The van der Waals surface area contributed by atoms with Crippen LogP contribution in [0.1, 0.15) is 88.0 Å². The lowest BCUT2D eigenvalue weighted by molar-refractivity contribution is -0.296. The largest absolute Gasteiger partial charge is 0.459 e. The second-order valence-corrected chi connectivity index (χ2v) is 14.7. The Morgan fingerprint density at radius 2 is 1.69 bits per heavy atom. The van der Waals surface area contributed by atoms with Crippen LogP contribution >= 0.6 is 0 Å². The van der Waals surface area contributed by atoms with Crippen molar-refractivity contribution in [1.82, 2.24) is 4.90 Å². The number of ketones is 1. The van der Waals surface area contributed by atoms with Crippen molar-refractivity contribution in [1.29, 1.82) is 0 Å². The van der Waals surface area contributed by atoms with Gasteiger partial charge in [0.1, 0.15) is 24.9 Å². The number of rotatable bonds is 5. The molecule has 14 heteroatoms. The Hall–Kier alpha value is -2.33. The average molecular weight is 699 g/mol. The zero-order chi connectivity index (χ0) is 37.0. The molecule has 3 fully saturated rings. The topological polar surface area (TPSA) is 180 Å². The number of aliphatic hydroxyl groups excluding tert-OH is 1. The van der Waals surface area contributed by atoms with Crippen molar-refractivity contribution in [3.05, 3.63) is 0 Å². The molecule has 280 valence electrons. The van der Waals surface area contributed by atoms with Crippen LogP contribution in [0.5, 0.6) is 0 Å². The highest BCUT2D eigenvalue weighted by atomic mass is 16.7. The molecule has 0 saturated carbocycles. The van der Waals surface area contributed by atoms with Gasteiger partial charge in [0.15, 0.2) is 18.2 Å². The molecule has 3 aliphatic heterocycles. The molecule has 13 atom stereocenters. The van der Waals surface area contributed by atoms with E-state index >= 15 is 0 Å². The summed E-state index contributed by atoms with van der Waals surface area (Å²) in [4.78, 5) is 57.8. The lowest BCUT2D eigenvalue weighted by Gasteiger charge is -2.47. The van der Waals surface area contributed by atoms with E-state index in [0.29, 0.717) is 12.1 Å². The van der Waals surface area contributed by atoms with Crippen LogP contribution in [-0.4, -0.2) is 132 Å². The Kier molecular flexibility index (Phi) is 14.1. The molecular weight excluding hydrogens is 640 g/mol. The van der Waals surface area contributed by atoms with Crippen LogP contribution in [-0.2, 0) is 47.6 Å². The molecule has 49 heavy (non-hydrogen) atoms. The van der Waals surface area contributed by atoms with E-state index in [1.54, 1.807) is 27.7 Å². The number of esters is 2. The van der Waals surface area contributed by atoms with Gasteiger partial charge < -0.3 is 43.5 Å². The summed E-state index contributed by atoms with van der Waals surface area (Å²) in [5.74, 6) is -4.45. The van der Waals surface area contributed by atoms with Crippen molar-refractivity contribution in [2.75, 3.05) is 27.3 Å². The van der Waals surface area contributed by atoms with E-state index in [4.69, 9.17) is 28.4 Å². The van der Waals surface area contributed by atoms with Gasteiger partial charge in [0.25, 0.3) is 0 Å². The fraction of sp³-hybridized carbons (Fsp3) is 0.857. The molecule has 3 heterocycles. The smallest absolute Gasteiger partial charge is 0.311 e. The van der Waals surface area contributed by atoms with E-state index < -0.39 is 83.6 Å². The van der Waals surface area contributed by atoms with Crippen molar-refractivity contribution in [2.24, 2.45) is 22.7 Å². The van der Waals surface area contributed by atoms with Crippen LogP contribution in [0.4, 0.5) is 0 Å². The molecule has 0 aromatic rings. The molecular formula is C35H58N2O12. The Balaban J connectivity index is 2.24. The fourth-order valence-corrected chi connectivity index (χ4v) is 7.39. The van der Waals surface area contributed by atoms with Gasteiger partial charge in [-0.1, -0.05) is 20.8 Å². The number of fused-ring (bicyclic) bond motifs is 3. The van der Waals surface area contributed by atoms with Gasteiger partial charge in [-0.3, -0.25) is 19.2 Å². The summed E-state index contributed by atoms with van der Waals surface area (Å²) in [7, 11) is 3.76. The number of amides is 1. The monoisotopic (exact) mass is 698 g/mol. The first kappa shape index (κ1) is 41.1. The third-order valence-electron chi connectivity index (χ3n) is 10.3. The Morgan fingerprint density at radius 1 is 1.04 bits per heavy atom.